The standard InChI is InChI=1S/C23H20N4OS/c28-21(24-20-12-6-8-16-7-4-5-11-19(16)20)15-29-23-25-22(17-13-14-17)27(26-23)18-9-2-1-3-10-18/h1-12,17H,13-15H2,(H,24,28). The van der Waals surface area contributed by atoms with Crippen LogP contribution < -0.4 is 5.32 Å². The van der Waals surface area contributed by atoms with E-state index >= 15 is 0 Å². The molecule has 1 N–H and O–H groups in total. The summed E-state index contributed by atoms with van der Waals surface area (Å²) in [5.74, 6) is 1.68. The number of hydrogen-bond acceptors (Lipinski definition) is 4. The van der Waals surface area contributed by atoms with Crippen molar-refractivity contribution in [2.75, 3.05) is 11.1 Å². The second kappa shape index (κ2) is 7.72. The van der Waals surface area contributed by atoms with Crippen LogP contribution in [0.3, 0.4) is 0 Å². The van der Waals surface area contributed by atoms with Gasteiger partial charge in [-0.1, -0.05) is 66.4 Å². The fourth-order valence-corrected chi connectivity index (χ4v) is 4.01. The summed E-state index contributed by atoms with van der Waals surface area (Å²) in [6.07, 6.45) is 2.30. The van der Waals surface area contributed by atoms with E-state index in [-0.39, 0.29) is 11.7 Å². The number of nitrogens with one attached hydrogen (secondary N) is 1. The molecule has 5 rings (SSSR count). The van der Waals surface area contributed by atoms with E-state index in [0.717, 1.165) is 40.8 Å². The third kappa shape index (κ3) is 3.89. The van der Waals surface area contributed by atoms with Crippen LogP contribution in [0.15, 0.2) is 78.0 Å². The van der Waals surface area contributed by atoms with Gasteiger partial charge < -0.3 is 5.32 Å². The van der Waals surface area contributed by atoms with Gasteiger partial charge in [0, 0.05) is 17.0 Å². The molecule has 0 unspecified atom stereocenters. The Labute approximate surface area is 173 Å². The van der Waals surface area contributed by atoms with E-state index in [9.17, 15) is 4.79 Å². The van der Waals surface area contributed by atoms with Crippen LogP contribution in [-0.2, 0) is 4.79 Å². The second-order valence-corrected chi connectivity index (χ2v) is 8.08. The highest BCUT2D eigenvalue weighted by atomic mass is 32.2. The van der Waals surface area contributed by atoms with E-state index in [1.165, 1.54) is 11.8 Å². The van der Waals surface area contributed by atoms with Gasteiger partial charge in [-0.15, -0.1) is 5.10 Å². The van der Waals surface area contributed by atoms with Crippen molar-refractivity contribution in [3.63, 3.8) is 0 Å². The fourth-order valence-electron chi connectivity index (χ4n) is 3.38. The molecule has 0 bridgehead atoms. The number of anilines is 1. The summed E-state index contributed by atoms with van der Waals surface area (Å²) in [5.41, 5.74) is 1.84. The summed E-state index contributed by atoms with van der Waals surface area (Å²) < 4.78 is 1.92. The molecule has 0 atom stereocenters. The van der Waals surface area contributed by atoms with Gasteiger partial charge in [0.05, 0.1) is 11.4 Å². The lowest BCUT2D eigenvalue weighted by Gasteiger charge is -2.08. The summed E-state index contributed by atoms with van der Waals surface area (Å²) >= 11 is 1.37. The molecule has 3 aromatic carbocycles. The van der Waals surface area contributed by atoms with Crippen molar-refractivity contribution in [2.24, 2.45) is 0 Å². The normalized spacial score (nSPS) is 13.5. The van der Waals surface area contributed by atoms with Crippen LogP contribution in [0.5, 0.6) is 0 Å². The number of thioether (sulfide) groups is 1. The van der Waals surface area contributed by atoms with Gasteiger partial charge in [0.2, 0.25) is 11.1 Å². The highest BCUT2D eigenvalue weighted by Gasteiger charge is 2.30. The first-order valence-corrected chi connectivity index (χ1v) is 10.7. The molecule has 1 aromatic heterocycles. The average Bonchev–Trinajstić information content (AvgIpc) is 3.52. The van der Waals surface area contributed by atoms with Gasteiger partial charge in [-0.25, -0.2) is 9.67 Å². The van der Waals surface area contributed by atoms with Crippen LogP contribution in [0.4, 0.5) is 5.69 Å². The van der Waals surface area contributed by atoms with Crippen molar-refractivity contribution in [3.05, 3.63) is 78.6 Å². The number of carbonyl (C=O) groups is 1. The lowest BCUT2D eigenvalue weighted by atomic mass is 10.1. The maximum absolute atomic E-state index is 12.5. The van der Waals surface area contributed by atoms with E-state index < -0.39 is 0 Å². The number of carbonyl (C=O) groups excluding carboxylic acids is 1. The molecule has 4 aromatic rings. The van der Waals surface area contributed by atoms with Crippen LogP contribution in [0.1, 0.15) is 24.6 Å². The minimum Gasteiger partial charge on any atom is -0.325 e. The average molecular weight is 401 g/mol. The first-order chi connectivity index (χ1) is 14.3. The van der Waals surface area contributed by atoms with Crippen molar-refractivity contribution < 1.29 is 4.79 Å². The minimum atomic E-state index is -0.0598. The van der Waals surface area contributed by atoms with E-state index in [0.29, 0.717) is 11.1 Å². The Morgan fingerprint density at radius 2 is 1.76 bits per heavy atom. The number of nitrogens with zero attached hydrogens (tertiary/aromatic N) is 3. The van der Waals surface area contributed by atoms with E-state index in [1.54, 1.807) is 0 Å². The molecule has 144 valence electrons. The highest BCUT2D eigenvalue weighted by molar-refractivity contribution is 7.99. The number of fused-ring (bicyclic) bond motifs is 1. The molecule has 1 heterocycles. The second-order valence-electron chi connectivity index (χ2n) is 7.14. The Morgan fingerprint density at radius 1 is 1.00 bits per heavy atom. The molecule has 0 saturated heterocycles. The summed E-state index contributed by atoms with van der Waals surface area (Å²) in [6, 6.07) is 24.0. The number of aromatic nitrogens is 3. The quantitative estimate of drug-likeness (QED) is 0.461. The van der Waals surface area contributed by atoms with Crippen molar-refractivity contribution in [3.8, 4) is 5.69 Å². The molecule has 1 amide bonds. The van der Waals surface area contributed by atoms with Gasteiger partial charge in [-0.3, -0.25) is 4.79 Å². The zero-order valence-corrected chi connectivity index (χ0v) is 16.6. The molecular weight excluding hydrogens is 380 g/mol. The Hall–Kier alpha value is -3.12. The lowest BCUT2D eigenvalue weighted by molar-refractivity contribution is -0.113. The largest absolute Gasteiger partial charge is 0.325 e. The maximum Gasteiger partial charge on any atom is 0.234 e. The summed E-state index contributed by atoms with van der Waals surface area (Å²) in [7, 11) is 0. The SMILES string of the molecule is O=C(CSc1nc(C2CC2)n(-c2ccccc2)n1)Nc1cccc2ccccc12. The number of hydrogen-bond donors (Lipinski definition) is 1. The van der Waals surface area contributed by atoms with Gasteiger partial charge in [-0.2, -0.15) is 0 Å². The summed E-state index contributed by atoms with van der Waals surface area (Å²) in [5, 5.41) is 10.5. The van der Waals surface area contributed by atoms with Gasteiger partial charge in [0.1, 0.15) is 5.82 Å². The minimum absolute atomic E-state index is 0.0598. The Balaban J connectivity index is 1.30. The van der Waals surface area contributed by atoms with Crippen molar-refractivity contribution in [1.29, 1.82) is 0 Å². The molecule has 0 radical (unpaired) electrons. The van der Waals surface area contributed by atoms with Crippen LogP contribution in [0.25, 0.3) is 16.5 Å². The van der Waals surface area contributed by atoms with Crippen molar-refractivity contribution in [2.45, 2.75) is 23.9 Å². The number of rotatable bonds is 6. The molecule has 1 aliphatic carbocycles. The predicted molar refractivity (Wildman–Crippen MR) is 117 cm³/mol. The molecule has 1 aliphatic rings. The van der Waals surface area contributed by atoms with Crippen LogP contribution in [0, 0.1) is 0 Å². The number of benzene rings is 3. The van der Waals surface area contributed by atoms with Crippen molar-refractivity contribution >= 4 is 34.1 Å². The zero-order chi connectivity index (χ0) is 19.6. The molecule has 5 nitrogen and oxygen atoms in total. The van der Waals surface area contributed by atoms with E-state index in [1.807, 2.05) is 77.5 Å². The van der Waals surface area contributed by atoms with Gasteiger partial charge >= 0.3 is 0 Å². The van der Waals surface area contributed by atoms with Gasteiger partial charge in [0.15, 0.2) is 0 Å². The van der Waals surface area contributed by atoms with E-state index in [2.05, 4.69) is 10.4 Å². The van der Waals surface area contributed by atoms with Crippen LogP contribution in [0.2, 0.25) is 0 Å². The van der Waals surface area contributed by atoms with Crippen LogP contribution in [-0.4, -0.2) is 26.4 Å². The van der Waals surface area contributed by atoms with Gasteiger partial charge in [0.25, 0.3) is 0 Å². The Kier molecular flexibility index (Phi) is 4.77. The summed E-state index contributed by atoms with van der Waals surface area (Å²) in [6.45, 7) is 0. The molecular formula is C23H20N4OS. The fraction of sp³-hybridized carbons (Fsp3) is 0.174. The Morgan fingerprint density at radius 3 is 2.59 bits per heavy atom. The maximum atomic E-state index is 12.5. The molecule has 6 heteroatoms. The third-order valence-electron chi connectivity index (χ3n) is 4.95. The van der Waals surface area contributed by atoms with Gasteiger partial charge in [-0.05, 0) is 36.4 Å². The topological polar surface area (TPSA) is 59.8 Å². The Bertz CT molecular complexity index is 1160. The zero-order valence-electron chi connectivity index (χ0n) is 15.8. The molecule has 0 aliphatic heterocycles. The smallest absolute Gasteiger partial charge is 0.234 e. The number of para-hydroxylation sites is 1. The van der Waals surface area contributed by atoms with Crippen LogP contribution >= 0.6 is 11.8 Å². The first-order valence-electron chi connectivity index (χ1n) is 9.71. The molecule has 29 heavy (non-hydrogen) atoms. The molecule has 1 fully saturated rings. The number of amides is 1. The molecule has 1 saturated carbocycles. The lowest BCUT2D eigenvalue weighted by Crippen LogP contribution is -2.14. The molecule has 0 spiro atoms. The first kappa shape index (κ1) is 17.9. The van der Waals surface area contributed by atoms with Crippen molar-refractivity contribution in [1.82, 2.24) is 14.8 Å². The monoisotopic (exact) mass is 400 g/mol. The third-order valence-corrected chi connectivity index (χ3v) is 5.79. The predicted octanol–water partition coefficient (Wildman–Crippen LogP) is 5.03. The summed E-state index contributed by atoms with van der Waals surface area (Å²) in [4.78, 5) is 17.3. The highest BCUT2D eigenvalue weighted by Crippen LogP contribution is 2.40. The van der Waals surface area contributed by atoms with E-state index in [4.69, 9.17) is 4.98 Å².